The minimum Gasteiger partial charge on any atom is -0.456 e. The van der Waals surface area contributed by atoms with Crippen molar-refractivity contribution in [3.8, 4) is 78.7 Å². The van der Waals surface area contributed by atoms with Crippen molar-refractivity contribution in [1.29, 1.82) is 0 Å². The van der Waals surface area contributed by atoms with Gasteiger partial charge in [0.05, 0.1) is 5.41 Å². The van der Waals surface area contributed by atoms with Crippen LogP contribution in [0.4, 0.5) is 0 Å². The summed E-state index contributed by atoms with van der Waals surface area (Å²) in [6.07, 6.45) is 0. The van der Waals surface area contributed by atoms with E-state index in [4.69, 9.17) is 23.8 Å². The normalized spacial score (nSPS) is 13.1. The highest BCUT2D eigenvalue weighted by Crippen LogP contribution is 2.63. The Morgan fingerprint density at radius 3 is 1.38 bits per heavy atom. The van der Waals surface area contributed by atoms with E-state index in [2.05, 4.69) is 194 Å². The quantitative estimate of drug-likeness (QED) is 0.172. The first-order valence-electron chi connectivity index (χ1n) is 25.7. The third kappa shape index (κ3) is 5.76. The third-order valence-corrected chi connectivity index (χ3v) is 17.3. The summed E-state index contributed by atoms with van der Waals surface area (Å²) < 4.78 is 15.5. The Morgan fingerprint density at radius 2 is 0.711 bits per heavy atom. The fourth-order valence-corrected chi connectivity index (χ4v) is 14.1. The van der Waals surface area contributed by atoms with E-state index in [1.165, 1.54) is 64.9 Å². The van der Waals surface area contributed by atoms with Crippen LogP contribution in [0.1, 0.15) is 22.3 Å². The van der Waals surface area contributed by atoms with Crippen LogP contribution >= 0.6 is 11.3 Å². The first-order chi connectivity index (χ1) is 37.7. The summed E-state index contributed by atoms with van der Waals surface area (Å²) in [7, 11) is 0. The zero-order valence-electron chi connectivity index (χ0n) is 40.6. The first kappa shape index (κ1) is 41.7. The van der Waals surface area contributed by atoms with Gasteiger partial charge in [-0.25, -0.2) is 15.0 Å². The zero-order chi connectivity index (χ0) is 49.6. The molecule has 5 nitrogen and oxygen atoms in total. The Kier molecular flexibility index (Phi) is 8.58. The average molecular weight is 986 g/mol. The van der Waals surface area contributed by atoms with E-state index in [9.17, 15) is 0 Å². The third-order valence-electron chi connectivity index (χ3n) is 16.2. The monoisotopic (exact) mass is 985 g/mol. The van der Waals surface area contributed by atoms with Gasteiger partial charge in [-0.1, -0.05) is 182 Å². The predicted octanol–water partition coefficient (Wildman–Crippen LogP) is 18.7. The van der Waals surface area contributed by atoms with Crippen molar-refractivity contribution in [1.82, 2.24) is 15.0 Å². The molecule has 4 heterocycles. The lowest BCUT2D eigenvalue weighted by atomic mass is 9.70. The first-order valence-corrected chi connectivity index (χ1v) is 26.5. The maximum atomic E-state index is 6.69. The number of aromatic nitrogens is 3. The molecule has 4 aromatic heterocycles. The molecular formula is C70H39N3O2S. The van der Waals surface area contributed by atoms with Crippen LogP contribution in [0.25, 0.3) is 143 Å². The molecule has 0 N–H and O–H groups in total. The van der Waals surface area contributed by atoms with Gasteiger partial charge in [-0.15, -0.1) is 11.3 Å². The molecule has 11 aromatic carbocycles. The van der Waals surface area contributed by atoms with Crippen molar-refractivity contribution in [2.24, 2.45) is 0 Å². The number of hydrogen-bond acceptors (Lipinski definition) is 6. The van der Waals surface area contributed by atoms with Crippen molar-refractivity contribution in [3.63, 3.8) is 0 Å². The van der Waals surface area contributed by atoms with Crippen molar-refractivity contribution in [2.75, 3.05) is 0 Å². The second-order valence-corrected chi connectivity index (χ2v) is 21.2. The lowest BCUT2D eigenvalue weighted by Gasteiger charge is -2.30. The van der Waals surface area contributed by atoms with Gasteiger partial charge >= 0.3 is 0 Å². The van der Waals surface area contributed by atoms with E-state index < -0.39 is 0 Å². The zero-order valence-corrected chi connectivity index (χ0v) is 41.4. The molecule has 15 aromatic rings. The molecule has 0 amide bonds. The van der Waals surface area contributed by atoms with E-state index in [0.29, 0.717) is 17.5 Å². The molecule has 0 fully saturated rings. The summed E-state index contributed by atoms with van der Waals surface area (Å²) in [6.45, 7) is 0. The molecule has 0 saturated carbocycles. The average Bonchev–Trinajstić information content (AvgIpc) is 4.33. The van der Waals surface area contributed by atoms with Gasteiger partial charge in [0.15, 0.2) is 17.5 Å². The molecule has 6 heteroatoms. The molecule has 17 rings (SSSR count). The molecule has 0 saturated heterocycles. The molecule has 2 aliphatic rings. The van der Waals surface area contributed by atoms with Gasteiger partial charge in [0.2, 0.25) is 0 Å². The molecule has 1 spiro atoms. The molecule has 352 valence electrons. The molecule has 0 unspecified atom stereocenters. The summed E-state index contributed by atoms with van der Waals surface area (Å²) in [5, 5.41) is 6.24. The minimum atomic E-state index is -0.374. The van der Waals surface area contributed by atoms with Crippen LogP contribution in [-0.4, -0.2) is 15.0 Å². The summed E-state index contributed by atoms with van der Waals surface area (Å²) in [6, 6.07) is 85.0. The SMILES string of the molecule is c1cc(-c2ccc3c(c2)-c2ccccc2C32c3ccccc3-c3ccccc32)cc(-c2ccc3oc4cccc(-c5nc(-c6cccc7oc8ccccc8c67)nc(-c6cccc7sc8ccccc8c67)n5)c4c3c2)c1. The Morgan fingerprint density at radius 1 is 0.276 bits per heavy atom. The van der Waals surface area contributed by atoms with Gasteiger partial charge in [-0.3, -0.25) is 0 Å². The van der Waals surface area contributed by atoms with Crippen molar-refractivity contribution >= 4 is 75.4 Å². The Bertz CT molecular complexity index is 4800. The minimum absolute atomic E-state index is 0.374. The van der Waals surface area contributed by atoms with Crippen LogP contribution in [0.15, 0.2) is 245 Å². The highest BCUT2D eigenvalue weighted by molar-refractivity contribution is 7.25. The van der Waals surface area contributed by atoms with Crippen LogP contribution in [-0.2, 0) is 5.41 Å². The number of furan rings is 2. The lowest BCUT2D eigenvalue weighted by Crippen LogP contribution is -2.25. The van der Waals surface area contributed by atoms with E-state index >= 15 is 0 Å². The second-order valence-electron chi connectivity index (χ2n) is 20.1. The molecule has 0 radical (unpaired) electrons. The number of nitrogens with zero attached hydrogens (tertiary/aromatic N) is 3. The van der Waals surface area contributed by atoms with Crippen LogP contribution in [0.5, 0.6) is 0 Å². The van der Waals surface area contributed by atoms with Gasteiger partial charge < -0.3 is 8.83 Å². The molecule has 2 aliphatic carbocycles. The van der Waals surface area contributed by atoms with Crippen molar-refractivity contribution in [2.45, 2.75) is 5.41 Å². The number of benzene rings is 11. The smallest absolute Gasteiger partial charge is 0.164 e. The summed E-state index contributed by atoms with van der Waals surface area (Å²) in [5.74, 6) is 1.73. The largest absolute Gasteiger partial charge is 0.456 e. The highest BCUT2D eigenvalue weighted by Gasteiger charge is 2.51. The Balaban J connectivity index is 0.822. The Hall–Kier alpha value is -9.75. The van der Waals surface area contributed by atoms with Gasteiger partial charge in [0.25, 0.3) is 0 Å². The number of hydrogen-bond donors (Lipinski definition) is 0. The second kappa shape index (κ2) is 15.6. The van der Waals surface area contributed by atoms with Crippen LogP contribution in [0, 0.1) is 0 Å². The van der Waals surface area contributed by atoms with Crippen molar-refractivity contribution in [3.05, 3.63) is 259 Å². The van der Waals surface area contributed by atoms with Crippen LogP contribution in [0.2, 0.25) is 0 Å². The van der Waals surface area contributed by atoms with E-state index in [1.807, 2.05) is 42.5 Å². The standard InChI is InChI=1S/C70H39N3O2S/c1-6-25-54-44(17-1)45-18-2-7-26-55(45)70(54)56-27-8-3-19-46(56)52-38-42(33-35-57(52)70)40-15-11-16-41(37-40)43-34-36-59-53(39-43)65-50(23-13-30-61(65)75-59)68-71-67(49-22-12-29-60-64(49)47-20-4-9-28-58(47)74-60)72-69(73-68)51-24-14-32-63-66(51)48-21-5-10-31-62(48)76-63/h1-39H. The van der Waals surface area contributed by atoms with E-state index in [0.717, 1.165) is 82.6 Å². The molecular weight excluding hydrogens is 947 g/mol. The molecule has 0 aliphatic heterocycles. The van der Waals surface area contributed by atoms with Gasteiger partial charge in [0.1, 0.15) is 22.3 Å². The molecule has 0 bridgehead atoms. The lowest BCUT2D eigenvalue weighted by molar-refractivity contribution is 0.668. The summed E-state index contributed by atoms with van der Waals surface area (Å²) in [4.78, 5) is 16.2. The number of rotatable bonds is 5. The summed E-state index contributed by atoms with van der Waals surface area (Å²) >= 11 is 1.79. The predicted molar refractivity (Wildman–Crippen MR) is 311 cm³/mol. The number of thiophene rings is 1. The topological polar surface area (TPSA) is 65.0 Å². The van der Waals surface area contributed by atoms with Crippen molar-refractivity contribution < 1.29 is 8.83 Å². The molecule has 0 atom stereocenters. The van der Waals surface area contributed by atoms with E-state index in [-0.39, 0.29) is 5.41 Å². The van der Waals surface area contributed by atoms with Gasteiger partial charge in [0, 0.05) is 58.4 Å². The number of fused-ring (bicyclic) bond motifs is 19. The fourth-order valence-electron chi connectivity index (χ4n) is 13.0. The van der Waals surface area contributed by atoms with E-state index in [1.54, 1.807) is 11.3 Å². The van der Waals surface area contributed by atoms with Gasteiger partial charge in [-0.2, -0.15) is 0 Å². The maximum Gasteiger partial charge on any atom is 0.164 e. The number of para-hydroxylation sites is 1. The maximum absolute atomic E-state index is 6.69. The summed E-state index contributed by atoms with van der Waals surface area (Å²) in [5.41, 5.74) is 20.6. The van der Waals surface area contributed by atoms with Gasteiger partial charge in [-0.05, 0) is 121 Å². The van der Waals surface area contributed by atoms with Crippen LogP contribution in [0.3, 0.4) is 0 Å². The highest BCUT2D eigenvalue weighted by atomic mass is 32.1. The Labute approximate surface area is 439 Å². The van der Waals surface area contributed by atoms with Crippen LogP contribution < -0.4 is 0 Å². The fraction of sp³-hybridized carbons (Fsp3) is 0.0143. The molecule has 76 heavy (non-hydrogen) atoms.